The van der Waals surface area contributed by atoms with E-state index in [0.29, 0.717) is 13.1 Å². The van der Waals surface area contributed by atoms with Crippen molar-refractivity contribution in [1.82, 2.24) is 0 Å². The molecule has 2 aromatic carbocycles. The topological polar surface area (TPSA) is 47.7 Å². The maximum absolute atomic E-state index is 12.8. The minimum Gasteiger partial charge on any atom is -0.493 e. The number of carbonyl (C=O) groups is 1. The molecule has 1 aliphatic heterocycles. The smallest absolute Gasteiger partial charge is 0.282 e. The number of nitrogens with zero attached hydrogens (tertiary/aromatic N) is 1. The number of nitrogens with one attached hydrogen (secondary N) is 2. The second kappa shape index (κ2) is 10.3. The summed E-state index contributed by atoms with van der Waals surface area (Å²) in [6.45, 7) is 8.42. The first-order valence-electron chi connectivity index (χ1n) is 10.4. The van der Waals surface area contributed by atoms with Gasteiger partial charge in [0.05, 0.1) is 14.2 Å². The van der Waals surface area contributed by atoms with Gasteiger partial charge in [-0.15, -0.1) is 0 Å². The molecule has 0 aliphatic carbocycles. The van der Waals surface area contributed by atoms with Gasteiger partial charge in [-0.05, 0) is 37.3 Å². The molecule has 1 saturated heterocycles. The summed E-state index contributed by atoms with van der Waals surface area (Å²) in [5, 5.41) is 0. The Balaban J connectivity index is 1.51. The van der Waals surface area contributed by atoms with Crippen LogP contribution in [0.3, 0.4) is 0 Å². The Bertz CT molecular complexity index is 789. The van der Waals surface area contributed by atoms with Crippen molar-refractivity contribution in [2.75, 3.05) is 58.4 Å². The summed E-state index contributed by atoms with van der Waals surface area (Å²) in [5.74, 6) is 1.75. The van der Waals surface area contributed by atoms with Crippen LogP contribution in [0.15, 0.2) is 48.5 Å². The molecule has 6 heteroatoms. The standard InChI is InChI=1S/C23H31N3O3/c1-4-26(20-8-6-5-7-9-20)23(27)18-25-14-12-24(13-15-25)17-19-10-11-21(28-2)22(16-19)29-3/h5-11,16H,4,12-15,17-18H2,1-3H3/p+2. The number of benzene rings is 2. The number of carbonyl (C=O) groups excluding carboxylic acids is 1. The molecule has 29 heavy (non-hydrogen) atoms. The molecule has 3 rings (SSSR count). The molecular weight excluding hydrogens is 366 g/mol. The van der Waals surface area contributed by atoms with E-state index in [2.05, 4.69) is 12.1 Å². The largest absolute Gasteiger partial charge is 0.493 e. The van der Waals surface area contributed by atoms with E-state index in [1.54, 1.807) is 19.1 Å². The van der Waals surface area contributed by atoms with E-state index in [9.17, 15) is 4.79 Å². The maximum Gasteiger partial charge on any atom is 0.282 e. The van der Waals surface area contributed by atoms with Gasteiger partial charge in [0, 0.05) is 17.8 Å². The monoisotopic (exact) mass is 399 g/mol. The summed E-state index contributed by atoms with van der Waals surface area (Å²) in [5.41, 5.74) is 2.23. The number of hydrogen-bond donors (Lipinski definition) is 2. The van der Waals surface area contributed by atoms with Crippen molar-refractivity contribution in [3.05, 3.63) is 54.1 Å². The van der Waals surface area contributed by atoms with Crippen LogP contribution in [0.2, 0.25) is 0 Å². The summed E-state index contributed by atoms with van der Waals surface area (Å²) in [7, 11) is 3.33. The van der Waals surface area contributed by atoms with Crippen molar-refractivity contribution in [3.63, 3.8) is 0 Å². The number of quaternary nitrogens is 2. The Morgan fingerprint density at radius 3 is 2.21 bits per heavy atom. The lowest BCUT2D eigenvalue weighted by atomic mass is 10.1. The molecule has 1 fully saturated rings. The average molecular weight is 400 g/mol. The van der Waals surface area contributed by atoms with Crippen molar-refractivity contribution < 1.29 is 24.1 Å². The van der Waals surface area contributed by atoms with E-state index in [-0.39, 0.29) is 5.91 Å². The summed E-state index contributed by atoms with van der Waals surface area (Å²) < 4.78 is 10.7. The highest BCUT2D eigenvalue weighted by Gasteiger charge is 2.27. The lowest BCUT2D eigenvalue weighted by molar-refractivity contribution is -1.02. The molecule has 1 heterocycles. The van der Waals surface area contributed by atoms with Crippen molar-refractivity contribution in [1.29, 1.82) is 0 Å². The SMILES string of the molecule is CCN(C(=O)C[NH+]1CC[NH+](Cc2ccc(OC)c(OC)c2)CC1)c1ccccc1. The molecular formula is C23H33N3O3+2. The van der Waals surface area contributed by atoms with Crippen LogP contribution in [0.1, 0.15) is 12.5 Å². The zero-order valence-electron chi connectivity index (χ0n) is 17.7. The molecule has 0 aromatic heterocycles. The molecule has 2 N–H and O–H groups in total. The van der Waals surface area contributed by atoms with Crippen molar-refractivity contribution in [2.45, 2.75) is 13.5 Å². The molecule has 0 spiro atoms. The van der Waals surface area contributed by atoms with Crippen LogP contribution >= 0.6 is 0 Å². The van der Waals surface area contributed by atoms with Crippen LogP contribution in [-0.4, -0.2) is 59.4 Å². The number of para-hydroxylation sites is 1. The molecule has 0 unspecified atom stereocenters. The second-order valence-corrected chi connectivity index (χ2v) is 7.52. The zero-order valence-corrected chi connectivity index (χ0v) is 17.7. The predicted molar refractivity (Wildman–Crippen MR) is 114 cm³/mol. The van der Waals surface area contributed by atoms with Crippen LogP contribution in [0, 0.1) is 0 Å². The molecule has 0 atom stereocenters. The lowest BCUT2D eigenvalue weighted by Gasteiger charge is -2.31. The minimum atomic E-state index is 0.206. The number of rotatable bonds is 8. The van der Waals surface area contributed by atoms with Gasteiger partial charge < -0.3 is 24.2 Å². The average Bonchev–Trinajstić information content (AvgIpc) is 2.76. The van der Waals surface area contributed by atoms with E-state index >= 15 is 0 Å². The molecule has 0 bridgehead atoms. The van der Waals surface area contributed by atoms with E-state index in [1.807, 2.05) is 48.2 Å². The number of ether oxygens (including phenoxy) is 2. The predicted octanol–water partition coefficient (Wildman–Crippen LogP) is 0.0403. The van der Waals surface area contributed by atoms with Gasteiger partial charge >= 0.3 is 0 Å². The maximum atomic E-state index is 12.8. The number of amides is 1. The Hall–Kier alpha value is -2.57. The van der Waals surface area contributed by atoms with Crippen molar-refractivity contribution in [3.8, 4) is 11.5 Å². The van der Waals surface area contributed by atoms with Gasteiger partial charge in [0.15, 0.2) is 18.0 Å². The van der Waals surface area contributed by atoms with Crippen LogP contribution in [0.5, 0.6) is 11.5 Å². The Kier molecular flexibility index (Phi) is 7.49. The van der Waals surface area contributed by atoms with Gasteiger partial charge in [0.1, 0.15) is 32.7 Å². The highest BCUT2D eigenvalue weighted by molar-refractivity contribution is 5.93. The summed E-state index contributed by atoms with van der Waals surface area (Å²) >= 11 is 0. The lowest BCUT2D eigenvalue weighted by Crippen LogP contribution is -3.28. The molecule has 1 amide bonds. The van der Waals surface area contributed by atoms with Gasteiger partial charge in [-0.1, -0.05) is 18.2 Å². The third kappa shape index (κ3) is 5.49. The van der Waals surface area contributed by atoms with Gasteiger partial charge in [0.2, 0.25) is 0 Å². The first-order chi connectivity index (χ1) is 14.1. The van der Waals surface area contributed by atoms with Gasteiger partial charge in [-0.3, -0.25) is 4.79 Å². The quantitative estimate of drug-likeness (QED) is 0.659. The fourth-order valence-corrected chi connectivity index (χ4v) is 4.01. The zero-order chi connectivity index (χ0) is 20.6. The van der Waals surface area contributed by atoms with E-state index in [4.69, 9.17) is 9.47 Å². The third-order valence-electron chi connectivity index (χ3n) is 5.65. The highest BCUT2D eigenvalue weighted by Crippen LogP contribution is 2.27. The van der Waals surface area contributed by atoms with Gasteiger partial charge in [-0.25, -0.2) is 0 Å². The van der Waals surface area contributed by atoms with Crippen LogP contribution in [0.25, 0.3) is 0 Å². The number of methoxy groups -OCH3 is 2. The molecule has 156 valence electrons. The Morgan fingerprint density at radius 2 is 1.59 bits per heavy atom. The van der Waals surface area contributed by atoms with Crippen LogP contribution in [-0.2, 0) is 11.3 Å². The fourth-order valence-electron chi connectivity index (χ4n) is 4.01. The van der Waals surface area contributed by atoms with E-state index < -0.39 is 0 Å². The third-order valence-corrected chi connectivity index (χ3v) is 5.65. The number of hydrogen-bond acceptors (Lipinski definition) is 3. The van der Waals surface area contributed by atoms with Crippen LogP contribution < -0.4 is 24.2 Å². The normalized spacial score (nSPS) is 18.9. The van der Waals surface area contributed by atoms with Gasteiger partial charge in [-0.2, -0.15) is 0 Å². The summed E-state index contributed by atoms with van der Waals surface area (Å²) in [6, 6.07) is 16.1. The fraction of sp³-hybridized carbons (Fsp3) is 0.435. The molecule has 2 aromatic rings. The number of likely N-dealkylation sites (N-methyl/N-ethyl adjacent to an activating group) is 1. The number of piperazine rings is 1. The van der Waals surface area contributed by atoms with E-state index in [1.165, 1.54) is 10.5 Å². The van der Waals surface area contributed by atoms with Crippen LogP contribution in [0.4, 0.5) is 5.69 Å². The first-order valence-corrected chi connectivity index (χ1v) is 10.4. The summed E-state index contributed by atoms with van der Waals surface area (Å²) in [4.78, 5) is 17.6. The molecule has 0 saturated carbocycles. The minimum absolute atomic E-state index is 0.206. The Morgan fingerprint density at radius 1 is 0.931 bits per heavy atom. The Labute approximate surface area is 173 Å². The van der Waals surface area contributed by atoms with Crippen molar-refractivity contribution in [2.24, 2.45) is 0 Å². The first kappa shape index (κ1) is 21.1. The van der Waals surface area contributed by atoms with Gasteiger partial charge in [0.25, 0.3) is 5.91 Å². The second-order valence-electron chi connectivity index (χ2n) is 7.52. The number of anilines is 1. The summed E-state index contributed by atoms with van der Waals surface area (Å²) in [6.07, 6.45) is 0. The molecule has 0 radical (unpaired) electrons. The van der Waals surface area contributed by atoms with E-state index in [0.717, 1.165) is 49.9 Å². The molecule has 1 aliphatic rings. The van der Waals surface area contributed by atoms with Crippen molar-refractivity contribution >= 4 is 11.6 Å². The molecule has 6 nitrogen and oxygen atoms in total. The highest BCUT2D eigenvalue weighted by atomic mass is 16.5.